The SMILES string of the molecule is CCOc1cc(CNc2cc(C(=O)O)ccc2OC)cc(Cl)c1OCc1ccc(F)cc1Cl. The van der Waals surface area contributed by atoms with Crippen molar-refractivity contribution in [2.75, 3.05) is 19.0 Å². The highest BCUT2D eigenvalue weighted by Gasteiger charge is 2.15. The first-order valence-electron chi connectivity index (χ1n) is 9.99. The van der Waals surface area contributed by atoms with Crippen molar-refractivity contribution in [3.63, 3.8) is 0 Å². The van der Waals surface area contributed by atoms with Crippen molar-refractivity contribution in [1.29, 1.82) is 0 Å². The Morgan fingerprint density at radius 3 is 2.48 bits per heavy atom. The second-order valence-electron chi connectivity index (χ2n) is 6.94. The van der Waals surface area contributed by atoms with Crippen LogP contribution in [0.1, 0.15) is 28.4 Å². The van der Waals surface area contributed by atoms with Gasteiger partial charge >= 0.3 is 5.97 Å². The van der Waals surface area contributed by atoms with Crippen LogP contribution in [0.3, 0.4) is 0 Å². The highest BCUT2D eigenvalue weighted by molar-refractivity contribution is 6.32. The normalized spacial score (nSPS) is 10.6. The summed E-state index contributed by atoms with van der Waals surface area (Å²) in [6, 6.07) is 12.1. The van der Waals surface area contributed by atoms with Gasteiger partial charge in [0.2, 0.25) is 0 Å². The van der Waals surface area contributed by atoms with Crippen molar-refractivity contribution in [3.8, 4) is 17.2 Å². The summed E-state index contributed by atoms with van der Waals surface area (Å²) in [5.74, 6) is -0.184. The van der Waals surface area contributed by atoms with Crippen LogP contribution < -0.4 is 19.5 Å². The average molecular weight is 494 g/mol. The molecule has 0 radical (unpaired) electrons. The summed E-state index contributed by atoms with van der Waals surface area (Å²) in [5, 5.41) is 13.0. The number of benzene rings is 3. The summed E-state index contributed by atoms with van der Waals surface area (Å²) in [7, 11) is 1.50. The topological polar surface area (TPSA) is 77.0 Å². The fourth-order valence-electron chi connectivity index (χ4n) is 3.09. The standard InChI is InChI=1S/C24H22Cl2FNO5/c1-3-32-22-9-14(12-28-20-10-15(24(29)30)5-7-21(20)31-2)8-19(26)23(22)33-13-16-4-6-17(27)11-18(16)25/h4-11,28H,3,12-13H2,1-2H3,(H,29,30). The quantitative estimate of drug-likeness (QED) is 0.338. The van der Waals surface area contributed by atoms with E-state index in [9.17, 15) is 14.3 Å². The lowest BCUT2D eigenvalue weighted by Crippen LogP contribution is -2.06. The molecule has 6 nitrogen and oxygen atoms in total. The number of carboxylic acid groups (broad SMARTS) is 1. The van der Waals surface area contributed by atoms with Gasteiger partial charge in [-0.1, -0.05) is 29.3 Å². The van der Waals surface area contributed by atoms with Crippen LogP contribution in [0.25, 0.3) is 0 Å². The van der Waals surface area contributed by atoms with Crippen LogP contribution in [0.4, 0.5) is 10.1 Å². The molecule has 9 heteroatoms. The molecule has 0 fully saturated rings. The maximum atomic E-state index is 13.3. The van der Waals surface area contributed by atoms with E-state index in [-0.39, 0.29) is 17.2 Å². The van der Waals surface area contributed by atoms with Gasteiger partial charge < -0.3 is 24.6 Å². The molecule has 0 aliphatic carbocycles. The Labute approximate surface area is 200 Å². The summed E-state index contributed by atoms with van der Waals surface area (Å²) in [4.78, 5) is 11.3. The molecule has 0 heterocycles. The molecule has 0 unspecified atom stereocenters. The van der Waals surface area contributed by atoms with E-state index in [0.29, 0.717) is 46.7 Å². The van der Waals surface area contributed by atoms with Gasteiger partial charge in [0.25, 0.3) is 0 Å². The van der Waals surface area contributed by atoms with E-state index in [0.717, 1.165) is 5.56 Å². The van der Waals surface area contributed by atoms with Crippen LogP contribution in [-0.4, -0.2) is 24.8 Å². The van der Waals surface area contributed by atoms with Gasteiger partial charge in [-0.05, 0) is 55.0 Å². The number of rotatable bonds is 10. The Morgan fingerprint density at radius 1 is 1.03 bits per heavy atom. The lowest BCUT2D eigenvalue weighted by Gasteiger charge is -2.17. The van der Waals surface area contributed by atoms with E-state index in [1.807, 2.05) is 6.92 Å². The van der Waals surface area contributed by atoms with E-state index < -0.39 is 11.8 Å². The molecule has 0 saturated carbocycles. The van der Waals surface area contributed by atoms with Gasteiger partial charge in [-0.25, -0.2) is 9.18 Å². The number of ether oxygens (including phenoxy) is 3. The zero-order chi connectivity index (χ0) is 24.0. The van der Waals surface area contributed by atoms with Crippen molar-refractivity contribution >= 4 is 34.9 Å². The third-order valence-corrected chi connectivity index (χ3v) is 5.32. The molecule has 3 rings (SSSR count). The van der Waals surface area contributed by atoms with Crippen LogP contribution in [-0.2, 0) is 13.2 Å². The summed E-state index contributed by atoms with van der Waals surface area (Å²) >= 11 is 12.6. The predicted molar refractivity (Wildman–Crippen MR) is 126 cm³/mol. The van der Waals surface area contributed by atoms with Crippen molar-refractivity contribution in [2.45, 2.75) is 20.1 Å². The highest BCUT2D eigenvalue weighted by Crippen LogP contribution is 2.38. The van der Waals surface area contributed by atoms with E-state index in [2.05, 4.69) is 5.32 Å². The summed E-state index contributed by atoms with van der Waals surface area (Å²) in [6.45, 7) is 2.62. The molecular weight excluding hydrogens is 472 g/mol. The van der Waals surface area contributed by atoms with Gasteiger partial charge in [-0.15, -0.1) is 0 Å². The second-order valence-corrected chi connectivity index (χ2v) is 7.75. The minimum Gasteiger partial charge on any atom is -0.495 e. The van der Waals surface area contributed by atoms with Crippen LogP contribution in [0.5, 0.6) is 17.2 Å². The lowest BCUT2D eigenvalue weighted by atomic mass is 10.1. The molecule has 33 heavy (non-hydrogen) atoms. The van der Waals surface area contributed by atoms with E-state index >= 15 is 0 Å². The maximum Gasteiger partial charge on any atom is 0.335 e. The summed E-state index contributed by atoms with van der Waals surface area (Å²) in [5.41, 5.74) is 2.04. The Hall–Kier alpha value is -3.16. The fraction of sp³-hybridized carbons (Fsp3) is 0.208. The van der Waals surface area contributed by atoms with Crippen LogP contribution in [0, 0.1) is 5.82 Å². The van der Waals surface area contributed by atoms with Crippen molar-refractivity contribution < 1.29 is 28.5 Å². The maximum absolute atomic E-state index is 13.3. The van der Waals surface area contributed by atoms with Crippen molar-refractivity contribution in [1.82, 2.24) is 0 Å². The molecule has 3 aromatic carbocycles. The van der Waals surface area contributed by atoms with Gasteiger partial charge in [-0.3, -0.25) is 0 Å². The van der Waals surface area contributed by atoms with E-state index in [1.54, 1.807) is 24.3 Å². The average Bonchev–Trinajstić information content (AvgIpc) is 2.78. The highest BCUT2D eigenvalue weighted by atomic mass is 35.5. The number of hydrogen-bond donors (Lipinski definition) is 2. The van der Waals surface area contributed by atoms with Gasteiger partial charge in [0.1, 0.15) is 18.2 Å². The number of anilines is 1. The Bertz CT molecular complexity index is 1160. The third-order valence-electron chi connectivity index (χ3n) is 4.69. The molecule has 0 aliphatic heterocycles. The largest absolute Gasteiger partial charge is 0.495 e. The van der Waals surface area contributed by atoms with E-state index in [1.165, 1.54) is 31.4 Å². The molecule has 3 aromatic rings. The van der Waals surface area contributed by atoms with Crippen molar-refractivity contribution in [2.24, 2.45) is 0 Å². The van der Waals surface area contributed by atoms with Gasteiger partial charge in [0.05, 0.1) is 35.0 Å². The number of carbonyl (C=O) groups is 1. The summed E-state index contributed by atoms with van der Waals surface area (Å²) in [6.07, 6.45) is 0. The molecule has 0 atom stereocenters. The first kappa shape index (κ1) is 24.5. The van der Waals surface area contributed by atoms with Crippen LogP contribution in [0.2, 0.25) is 10.0 Å². The van der Waals surface area contributed by atoms with Gasteiger partial charge in [0.15, 0.2) is 11.5 Å². The van der Waals surface area contributed by atoms with Crippen LogP contribution >= 0.6 is 23.2 Å². The number of nitrogens with one attached hydrogen (secondary N) is 1. The first-order valence-corrected chi connectivity index (χ1v) is 10.7. The van der Waals surface area contributed by atoms with Gasteiger partial charge in [-0.2, -0.15) is 0 Å². The number of aromatic carboxylic acids is 1. The number of halogens is 3. The number of hydrogen-bond acceptors (Lipinski definition) is 5. The van der Waals surface area contributed by atoms with E-state index in [4.69, 9.17) is 37.4 Å². The first-order chi connectivity index (χ1) is 15.8. The third kappa shape index (κ3) is 6.21. The van der Waals surface area contributed by atoms with Crippen LogP contribution in [0.15, 0.2) is 48.5 Å². The van der Waals surface area contributed by atoms with Gasteiger partial charge in [0, 0.05) is 12.1 Å². The molecule has 0 bridgehead atoms. The molecule has 0 amide bonds. The predicted octanol–water partition coefficient (Wildman–Crippen LogP) is 6.43. The monoisotopic (exact) mass is 493 g/mol. The summed E-state index contributed by atoms with van der Waals surface area (Å²) < 4.78 is 30.1. The fourth-order valence-corrected chi connectivity index (χ4v) is 3.60. The molecule has 0 saturated heterocycles. The molecule has 2 N–H and O–H groups in total. The van der Waals surface area contributed by atoms with Crippen molar-refractivity contribution in [3.05, 3.63) is 81.1 Å². The number of methoxy groups -OCH3 is 1. The molecule has 0 aliphatic rings. The molecule has 0 aromatic heterocycles. The zero-order valence-corrected chi connectivity index (χ0v) is 19.5. The minimum atomic E-state index is -1.04. The second kappa shape index (κ2) is 11.1. The smallest absolute Gasteiger partial charge is 0.335 e. The molecular formula is C24H22Cl2FNO5. The molecule has 0 spiro atoms. The zero-order valence-electron chi connectivity index (χ0n) is 18.0. The molecule has 174 valence electrons. The lowest BCUT2D eigenvalue weighted by molar-refractivity contribution is 0.0697. The number of carboxylic acids is 1. The Morgan fingerprint density at radius 2 is 1.82 bits per heavy atom. The Kier molecular flexibility index (Phi) is 8.25. The minimum absolute atomic E-state index is 0.0791. The Balaban J connectivity index is 1.81.